The lowest BCUT2D eigenvalue weighted by Crippen LogP contribution is -2.43. The van der Waals surface area contributed by atoms with Crippen LogP contribution in [0.2, 0.25) is 0 Å². The van der Waals surface area contributed by atoms with Crippen LogP contribution >= 0.6 is 0 Å². The van der Waals surface area contributed by atoms with Crippen molar-refractivity contribution in [1.29, 1.82) is 0 Å². The summed E-state index contributed by atoms with van der Waals surface area (Å²) in [5.74, 6) is 1.07. The molecular formula is C15H30N2O. The molecule has 1 atom stereocenters. The molecule has 0 bridgehead atoms. The largest absolute Gasteiger partial charge is 0.342 e. The van der Waals surface area contributed by atoms with Crippen molar-refractivity contribution in [1.82, 2.24) is 10.2 Å². The van der Waals surface area contributed by atoms with E-state index in [9.17, 15) is 4.79 Å². The monoisotopic (exact) mass is 254 g/mol. The molecule has 0 aromatic carbocycles. The summed E-state index contributed by atoms with van der Waals surface area (Å²) in [4.78, 5) is 14.0. The smallest absolute Gasteiger partial charge is 0.236 e. The number of carbonyl (C=O) groups is 1. The summed E-state index contributed by atoms with van der Waals surface area (Å²) in [6.07, 6.45) is 7.34. The molecular weight excluding hydrogens is 224 g/mol. The van der Waals surface area contributed by atoms with Crippen LogP contribution in [0.4, 0.5) is 0 Å². The molecule has 1 N–H and O–H groups in total. The highest BCUT2D eigenvalue weighted by Crippen LogP contribution is 2.09. The van der Waals surface area contributed by atoms with Crippen molar-refractivity contribution >= 4 is 5.91 Å². The van der Waals surface area contributed by atoms with E-state index in [0.29, 0.717) is 12.6 Å². The standard InChI is InChI=1S/C15H30N2O/c1-13(2)8-7-9-14(3)16-12-15(18)17-10-5-4-6-11-17/h13-14,16H,4-12H2,1-3H3. The number of hydrogen-bond donors (Lipinski definition) is 1. The summed E-state index contributed by atoms with van der Waals surface area (Å²) in [6, 6.07) is 0.456. The summed E-state index contributed by atoms with van der Waals surface area (Å²) < 4.78 is 0. The highest BCUT2D eigenvalue weighted by Gasteiger charge is 2.16. The Morgan fingerprint density at radius 1 is 1.11 bits per heavy atom. The number of carbonyl (C=O) groups excluding carboxylic acids is 1. The van der Waals surface area contributed by atoms with Crippen LogP contribution in [0.3, 0.4) is 0 Å². The second-order valence-electron chi connectivity index (χ2n) is 6.05. The van der Waals surface area contributed by atoms with E-state index < -0.39 is 0 Å². The summed E-state index contributed by atoms with van der Waals surface area (Å²) >= 11 is 0. The first-order valence-corrected chi connectivity index (χ1v) is 7.60. The van der Waals surface area contributed by atoms with Gasteiger partial charge in [0.15, 0.2) is 0 Å². The Hall–Kier alpha value is -0.570. The minimum Gasteiger partial charge on any atom is -0.342 e. The lowest BCUT2D eigenvalue weighted by molar-refractivity contribution is -0.131. The zero-order valence-corrected chi connectivity index (χ0v) is 12.4. The van der Waals surface area contributed by atoms with Gasteiger partial charge in [0.05, 0.1) is 6.54 Å². The first-order valence-electron chi connectivity index (χ1n) is 7.60. The molecule has 106 valence electrons. The second-order valence-corrected chi connectivity index (χ2v) is 6.05. The highest BCUT2D eigenvalue weighted by molar-refractivity contribution is 5.78. The van der Waals surface area contributed by atoms with Gasteiger partial charge in [-0.05, 0) is 38.5 Å². The molecule has 0 spiro atoms. The highest BCUT2D eigenvalue weighted by atomic mass is 16.2. The van der Waals surface area contributed by atoms with Crippen LogP contribution in [0.1, 0.15) is 59.3 Å². The molecule has 1 saturated heterocycles. The van der Waals surface area contributed by atoms with Gasteiger partial charge in [0, 0.05) is 19.1 Å². The van der Waals surface area contributed by atoms with E-state index in [1.807, 2.05) is 4.90 Å². The molecule has 0 aromatic rings. The predicted octanol–water partition coefficient (Wildman–Crippen LogP) is 2.80. The van der Waals surface area contributed by atoms with Crippen molar-refractivity contribution < 1.29 is 4.79 Å². The molecule has 1 amide bonds. The van der Waals surface area contributed by atoms with Gasteiger partial charge in [-0.3, -0.25) is 4.79 Å². The Morgan fingerprint density at radius 2 is 1.78 bits per heavy atom. The molecule has 1 unspecified atom stereocenters. The van der Waals surface area contributed by atoms with Gasteiger partial charge in [-0.15, -0.1) is 0 Å². The lowest BCUT2D eigenvalue weighted by atomic mass is 10.0. The van der Waals surface area contributed by atoms with E-state index in [-0.39, 0.29) is 5.91 Å². The van der Waals surface area contributed by atoms with Gasteiger partial charge in [-0.2, -0.15) is 0 Å². The molecule has 1 rings (SSSR count). The van der Waals surface area contributed by atoms with Crippen molar-refractivity contribution in [3.63, 3.8) is 0 Å². The average molecular weight is 254 g/mol. The van der Waals surface area contributed by atoms with Gasteiger partial charge >= 0.3 is 0 Å². The van der Waals surface area contributed by atoms with Gasteiger partial charge in [0.25, 0.3) is 0 Å². The number of likely N-dealkylation sites (tertiary alicyclic amines) is 1. The molecule has 1 aliphatic heterocycles. The van der Waals surface area contributed by atoms with Crippen molar-refractivity contribution in [2.45, 2.75) is 65.3 Å². The summed E-state index contributed by atoms with van der Waals surface area (Å²) in [6.45, 7) is 9.15. The first-order chi connectivity index (χ1) is 8.59. The van der Waals surface area contributed by atoms with Crippen molar-refractivity contribution in [3.8, 4) is 0 Å². The Balaban J connectivity index is 2.09. The summed E-state index contributed by atoms with van der Waals surface area (Å²) in [7, 11) is 0. The first kappa shape index (κ1) is 15.5. The molecule has 1 fully saturated rings. The number of rotatable bonds is 7. The van der Waals surface area contributed by atoms with Crippen LogP contribution in [0.25, 0.3) is 0 Å². The third kappa shape index (κ3) is 6.39. The quantitative estimate of drug-likeness (QED) is 0.757. The topological polar surface area (TPSA) is 32.3 Å². The minimum absolute atomic E-state index is 0.283. The third-order valence-electron chi connectivity index (χ3n) is 3.73. The number of piperidine rings is 1. The fourth-order valence-corrected chi connectivity index (χ4v) is 2.45. The normalized spacial score (nSPS) is 18.1. The fraction of sp³-hybridized carbons (Fsp3) is 0.933. The molecule has 3 nitrogen and oxygen atoms in total. The van der Waals surface area contributed by atoms with Crippen LogP contribution in [0.15, 0.2) is 0 Å². The van der Waals surface area contributed by atoms with E-state index >= 15 is 0 Å². The molecule has 3 heteroatoms. The maximum absolute atomic E-state index is 11.9. The predicted molar refractivity (Wildman–Crippen MR) is 76.6 cm³/mol. The average Bonchev–Trinajstić information content (AvgIpc) is 2.36. The molecule has 1 aliphatic rings. The third-order valence-corrected chi connectivity index (χ3v) is 3.73. The number of nitrogens with zero attached hydrogens (tertiary/aromatic N) is 1. The van der Waals surface area contributed by atoms with Crippen molar-refractivity contribution in [2.75, 3.05) is 19.6 Å². The van der Waals surface area contributed by atoms with Crippen molar-refractivity contribution in [3.05, 3.63) is 0 Å². The van der Waals surface area contributed by atoms with Crippen molar-refractivity contribution in [2.24, 2.45) is 5.92 Å². The molecule has 1 heterocycles. The Labute approximate surface area is 112 Å². The van der Waals surface area contributed by atoms with Crippen LogP contribution in [-0.2, 0) is 4.79 Å². The second kappa shape index (κ2) is 8.52. The molecule has 0 saturated carbocycles. The molecule has 0 aliphatic carbocycles. The minimum atomic E-state index is 0.283. The maximum Gasteiger partial charge on any atom is 0.236 e. The van der Waals surface area contributed by atoms with E-state index in [0.717, 1.165) is 19.0 Å². The van der Waals surface area contributed by atoms with E-state index in [4.69, 9.17) is 0 Å². The fourth-order valence-electron chi connectivity index (χ4n) is 2.45. The molecule has 0 aromatic heterocycles. The van der Waals surface area contributed by atoms with Gasteiger partial charge in [-0.25, -0.2) is 0 Å². The van der Waals surface area contributed by atoms with Gasteiger partial charge in [0.2, 0.25) is 5.91 Å². The Bertz CT molecular complexity index is 235. The zero-order chi connectivity index (χ0) is 13.4. The van der Waals surface area contributed by atoms with Gasteiger partial charge < -0.3 is 10.2 Å². The number of nitrogens with one attached hydrogen (secondary N) is 1. The van der Waals surface area contributed by atoms with Gasteiger partial charge in [-0.1, -0.05) is 26.7 Å². The summed E-state index contributed by atoms with van der Waals surface area (Å²) in [5.41, 5.74) is 0. The van der Waals surface area contributed by atoms with Crippen LogP contribution in [0, 0.1) is 5.92 Å². The van der Waals surface area contributed by atoms with Crippen LogP contribution < -0.4 is 5.32 Å². The van der Waals surface area contributed by atoms with Gasteiger partial charge in [0.1, 0.15) is 0 Å². The van der Waals surface area contributed by atoms with Crippen LogP contribution in [0.5, 0.6) is 0 Å². The Morgan fingerprint density at radius 3 is 2.39 bits per heavy atom. The maximum atomic E-state index is 11.9. The van der Waals surface area contributed by atoms with E-state index in [2.05, 4.69) is 26.1 Å². The lowest BCUT2D eigenvalue weighted by Gasteiger charge is -2.27. The van der Waals surface area contributed by atoms with E-state index in [1.54, 1.807) is 0 Å². The van der Waals surface area contributed by atoms with Crippen LogP contribution in [-0.4, -0.2) is 36.5 Å². The van der Waals surface area contributed by atoms with E-state index in [1.165, 1.54) is 38.5 Å². The SMILES string of the molecule is CC(C)CCCC(C)NCC(=O)N1CCCCC1. The number of amides is 1. The molecule has 18 heavy (non-hydrogen) atoms. The summed E-state index contributed by atoms with van der Waals surface area (Å²) in [5, 5.41) is 3.36. The molecule has 0 radical (unpaired) electrons. The number of hydrogen-bond acceptors (Lipinski definition) is 2. The zero-order valence-electron chi connectivity index (χ0n) is 12.4. The Kier molecular flexibility index (Phi) is 7.33.